The maximum absolute atomic E-state index is 10.6. The van der Waals surface area contributed by atoms with E-state index < -0.39 is 0 Å². The SMILES string of the molecule is N#Cc1cc(-c2ccccc2)ccc1C(Cc1ccccn1)Cc1ccc2ccc3c(N(c4ccccn4)c4ccc(-c5ccccc5)cc4C#N)ccc4ccc1c2c43. The minimum atomic E-state index is -0.00341. The van der Waals surface area contributed by atoms with Gasteiger partial charge in [0.15, 0.2) is 0 Å². The zero-order chi connectivity index (χ0) is 40.4. The van der Waals surface area contributed by atoms with Crippen LogP contribution in [0.1, 0.15) is 33.9 Å². The van der Waals surface area contributed by atoms with E-state index in [1.54, 1.807) is 6.20 Å². The molecule has 0 aliphatic heterocycles. The van der Waals surface area contributed by atoms with Crippen molar-refractivity contribution in [2.24, 2.45) is 0 Å². The van der Waals surface area contributed by atoms with Crippen molar-refractivity contribution in [1.29, 1.82) is 10.5 Å². The second-order valence-electron chi connectivity index (χ2n) is 15.2. The van der Waals surface area contributed by atoms with E-state index in [1.165, 1.54) is 16.3 Å². The fraction of sp³-hybridized carbons (Fsp3) is 0.0545. The first-order valence-corrected chi connectivity index (χ1v) is 20.2. The molecule has 0 fully saturated rings. The summed E-state index contributed by atoms with van der Waals surface area (Å²) in [7, 11) is 0. The van der Waals surface area contributed by atoms with Crippen LogP contribution < -0.4 is 4.90 Å². The maximum atomic E-state index is 10.6. The van der Waals surface area contributed by atoms with E-state index in [2.05, 4.69) is 114 Å². The van der Waals surface area contributed by atoms with E-state index in [4.69, 9.17) is 9.97 Å². The van der Waals surface area contributed by atoms with Crippen LogP contribution in [0.15, 0.2) is 194 Å². The Hall–Kier alpha value is -8.12. The molecule has 1 unspecified atom stereocenters. The number of aromatic nitrogens is 2. The molecule has 282 valence electrons. The monoisotopic (exact) mass is 767 g/mol. The van der Waals surface area contributed by atoms with Gasteiger partial charge in [-0.3, -0.25) is 9.88 Å². The molecular weight excluding hydrogens is 731 g/mol. The number of hydrogen-bond acceptors (Lipinski definition) is 5. The van der Waals surface area contributed by atoms with Crippen LogP contribution in [0, 0.1) is 22.7 Å². The summed E-state index contributed by atoms with van der Waals surface area (Å²) in [6, 6.07) is 67.5. The highest BCUT2D eigenvalue weighted by molar-refractivity contribution is 6.26. The second kappa shape index (κ2) is 15.7. The largest absolute Gasteiger partial charge is 0.293 e. The van der Waals surface area contributed by atoms with Gasteiger partial charge in [-0.2, -0.15) is 10.5 Å². The summed E-state index contributed by atoms with van der Waals surface area (Å²) in [5.74, 6) is 0.720. The van der Waals surface area contributed by atoms with E-state index in [0.29, 0.717) is 17.5 Å². The van der Waals surface area contributed by atoms with Gasteiger partial charge < -0.3 is 0 Å². The Morgan fingerprint density at radius 2 is 1.05 bits per heavy atom. The first-order valence-electron chi connectivity index (χ1n) is 20.2. The molecule has 10 rings (SSSR count). The van der Waals surface area contributed by atoms with E-state index in [9.17, 15) is 10.5 Å². The van der Waals surface area contributed by atoms with Crippen LogP contribution in [0.3, 0.4) is 0 Å². The summed E-state index contributed by atoms with van der Waals surface area (Å²) in [4.78, 5) is 11.7. The van der Waals surface area contributed by atoms with Gasteiger partial charge in [-0.05, 0) is 128 Å². The topological polar surface area (TPSA) is 76.6 Å². The molecule has 0 aliphatic carbocycles. The summed E-state index contributed by atoms with van der Waals surface area (Å²) in [6.07, 6.45) is 5.05. The van der Waals surface area contributed by atoms with Crippen LogP contribution in [0.25, 0.3) is 54.6 Å². The van der Waals surface area contributed by atoms with Crippen LogP contribution in [0.2, 0.25) is 0 Å². The van der Waals surface area contributed by atoms with Gasteiger partial charge >= 0.3 is 0 Å². The van der Waals surface area contributed by atoms with E-state index >= 15 is 0 Å². The predicted octanol–water partition coefficient (Wildman–Crippen LogP) is 13.5. The van der Waals surface area contributed by atoms with Gasteiger partial charge in [-0.25, -0.2) is 4.98 Å². The highest BCUT2D eigenvalue weighted by Gasteiger charge is 2.24. The Kier molecular flexibility index (Phi) is 9.46. The first-order chi connectivity index (χ1) is 29.7. The van der Waals surface area contributed by atoms with Crippen molar-refractivity contribution in [1.82, 2.24) is 9.97 Å². The average Bonchev–Trinajstić information content (AvgIpc) is 3.32. The smallest absolute Gasteiger partial charge is 0.137 e. The second-order valence-corrected chi connectivity index (χ2v) is 15.2. The van der Waals surface area contributed by atoms with Crippen LogP contribution in [0.4, 0.5) is 17.2 Å². The van der Waals surface area contributed by atoms with Crippen molar-refractivity contribution in [2.75, 3.05) is 4.90 Å². The predicted molar refractivity (Wildman–Crippen MR) is 244 cm³/mol. The Balaban J connectivity index is 1.12. The summed E-state index contributed by atoms with van der Waals surface area (Å²) in [6.45, 7) is 0. The number of pyridine rings is 2. The minimum Gasteiger partial charge on any atom is -0.293 e. The zero-order valence-electron chi connectivity index (χ0n) is 32.7. The summed E-state index contributed by atoms with van der Waals surface area (Å²) >= 11 is 0. The quantitative estimate of drug-likeness (QED) is 0.130. The van der Waals surface area contributed by atoms with Crippen LogP contribution in [0.5, 0.6) is 0 Å². The fourth-order valence-electron chi connectivity index (χ4n) is 8.86. The van der Waals surface area contributed by atoms with E-state index in [0.717, 1.165) is 78.7 Å². The molecule has 0 spiro atoms. The standard InChI is InChI=1S/C55H37N5/c56-35-45-31-41(37-11-3-1-4-12-37)21-24-48(45)44(34-47-15-7-9-29-58-47)33-43-18-17-39-20-26-50-52(28-22-40-19-25-49(43)54(39)55(40)50)60(53-16-8-10-30-59-53)51-27-23-42(32-46(51)36-57)38-13-5-2-6-14-38/h1-32,44H,33-34H2. The molecule has 10 aromatic rings. The Morgan fingerprint density at radius 3 is 1.72 bits per heavy atom. The average molecular weight is 768 g/mol. The molecule has 0 amide bonds. The molecule has 60 heavy (non-hydrogen) atoms. The fourth-order valence-corrected chi connectivity index (χ4v) is 8.86. The third-order valence-corrected chi connectivity index (χ3v) is 11.7. The third kappa shape index (κ3) is 6.65. The van der Waals surface area contributed by atoms with Gasteiger partial charge in [0, 0.05) is 23.5 Å². The third-order valence-electron chi connectivity index (χ3n) is 11.7. The van der Waals surface area contributed by atoms with Gasteiger partial charge in [0.2, 0.25) is 0 Å². The molecule has 2 heterocycles. The molecular formula is C55H37N5. The number of anilines is 3. The Labute approximate surface area is 349 Å². The van der Waals surface area contributed by atoms with Gasteiger partial charge in [0.25, 0.3) is 0 Å². The lowest BCUT2D eigenvalue weighted by atomic mass is 9.82. The first kappa shape index (κ1) is 36.2. The molecule has 0 saturated carbocycles. The molecule has 1 atom stereocenters. The Bertz CT molecular complexity index is 3220. The molecule has 0 saturated heterocycles. The van der Waals surface area contributed by atoms with Gasteiger partial charge in [-0.1, -0.05) is 133 Å². The van der Waals surface area contributed by atoms with Crippen molar-refractivity contribution in [3.05, 3.63) is 222 Å². The summed E-state index contributed by atoms with van der Waals surface area (Å²) in [5.41, 5.74) is 10.3. The maximum Gasteiger partial charge on any atom is 0.137 e. The van der Waals surface area contributed by atoms with Gasteiger partial charge in [-0.15, -0.1) is 0 Å². The lowest BCUT2D eigenvalue weighted by Gasteiger charge is -2.28. The van der Waals surface area contributed by atoms with Crippen molar-refractivity contribution < 1.29 is 0 Å². The molecule has 0 bridgehead atoms. The van der Waals surface area contributed by atoms with Gasteiger partial charge in [0.05, 0.1) is 28.6 Å². The molecule has 0 aliphatic rings. The molecule has 2 aromatic heterocycles. The van der Waals surface area contributed by atoms with E-state index in [-0.39, 0.29) is 5.92 Å². The number of benzene rings is 8. The van der Waals surface area contributed by atoms with Crippen molar-refractivity contribution in [3.63, 3.8) is 0 Å². The lowest BCUT2D eigenvalue weighted by Crippen LogP contribution is -2.13. The highest BCUT2D eigenvalue weighted by atomic mass is 15.2. The Morgan fingerprint density at radius 1 is 0.467 bits per heavy atom. The van der Waals surface area contributed by atoms with Crippen molar-refractivity contribution in [2.45, 2.75) is 18.8 Å². The minimum absolute atomic E-state index is 0.00341. The summed E-state index contributed by atoms with van der Waals surface area (Å²) < 4.78 is 0. The number of nitriles is 2. The highest BCUT2D eigenvalue weighted by Crippen LogP contribution is 2.45. The van der Waals surface area contributed by atoms with Crippen molar-refractivity contribution in [3.8, 4) is 34.4 Å². The lowest BCUT2D eigenvalue weighted by molar-refractivity contribution is 0.669. The zero-order valence-corrected chi connectivity index (χ0v) is 32.7. The summed E-state index contributed by atoms with van der Waals surface area (Å²) in [5, 5.41) is 28.1. The normalized spacial score (nSPS) is 11.7. The van der Waals surface area contributed by atoms with Gasteiger partial charge in [0.1, 0.15) is 11.9 Å². The number of rotatable bonds is 10. The molecule has 0 radical (unpaired) electrons. The number of hydrogen-bond donors (Lipinski definition) is 0. The molecule has 5 nitrogen and oxygen atoms in total. The number of nitrogens with zero attached hydrogens (tertiary/aromatic N) is 5. The van der Waals surface area contributed by atoms with Crippen molar-refractivity contribution >= 4 is 49.5 Å². The molecule has 8 aromatic carbocycles. The van der Waals surface area contributed by atoms with Crippen LogP contribution in [-0.2, 0) is 12.8 Å². The molecule has 0 N–H and O–H groups in total. The van der Waals surface area contributed by atoms with Crippen LogP contribution >= 0.6 is 0 Å². The van der Waals surface area contributed by atoms with E-state index in [1.807, 2.05) is 91.1 Å². The van der Waals surface area contributed by atoms with Crippen LogP contribution in [-0.4, -0.2) is 9.97 Å². The molecule has 5 heteroatoms.